The normalized spacial score (nSPS) is 11.9. The van der Waals surface area contributed by atoms with Crippen molar-refractivity contribution in [3.63, 3.8) is 0 Å². The smallest absolute Gasteiger partial charge is 0.265 e. The molecule has 0 aliphatic heterocycles. The minimum Gasteiger partial charge on any atom is -0.481 e. The number of nitrogens with one attached hydrogen (secondary N) is 1. The molecule has 3 nitrogen and oxygen atoms in total. The van der Waals surface area contributed by atoms with Gasteiger partial charge in [-0.05, 0) is 69.5 Å². The van der Waals surface area contributed by atoms with Crippen molar-refractivity contribution >= 4 is 11.6 Å². The predicted molar refractivity (Wildman–Crippen MR) is 90.6 cm³/mol. The summed E-state index contributed by atoms with van der Waals surface area (Å²) in [6, 6.07) is 11.8. The quantitative estimate of drug-likeness (QED) is 0.912. The highest BCUT2D eigenvalue weighted by Gasteiger charge is 2.16. The van der Waals surface area contributed by atoms with E-state index in [0.717, 1.165) is 16.8 Å². The van der Waals surface area contributed by atoms with Gasteiger partial charge < -0.3 is 10.1 Å². The molecule has 0 aromatic heterocycles. The fraction of sp³-hybridized carbons (Fsp3) is 0.316. The zero-order valence-electron chi connectivity index (χ0n) is 13.9. The molecule has 0 saturated carbocycles. The van der Waals surface area contributed by atoms with Gasteiger partial charge in [-0.3, -0.25) is 4.79 Å². The monoisotopic (exact) mass is 297 g/mol. The molecule has 0 saturated heterocycles. The van der Waals surface area contributed by atoms with Gasteiger partial charge in [-0.1, -0.05) is 23.8 Å². The first-order chi connectivity index (χ1) is 10.4. The number of anilines is 1. The molecule has 2 aromatic carbocycles. The summed E-state index contributed by atoms with van der Waals surface area (Å²) < 4.78 is 5.74. The summed E-state index contributed by atoms with van der Waals surface area (Å²) in [7, 11) is 0. The molecular weight excluding hydrogens is 274 g/mol. The third-order valence-corrected chi connectivity index (χ3v) is 3.80. The molecule has 22 heavy (non-hydrogen) atoms. The molecule has 1 atom stereocenters. The lowest BCUT2D eigenvalue weighted by atomic mass is 10.1. The van der Waals surface area contributed by atoms with Crippen LogP contribution in [0.2, 0.25) is 0 Å². The van der Waals surface area contributed by atoms with Crippen LogP contribution in [0.25, 0.3) is 0 Å². The molecule has 0 bridgehead atoms. The molecule has 116 valence electrons. The third-order valence-electron chi connectivity index (χ3n) is 3.80. The number of rotatable bonds is 4. The van der Waals surface area contributed by atoms with Crippen LogP contribution in [0.3, 0.4) is 0 Å². The highest BCUT2D eigenvalue weighted by atomic mass is 16.5. The molecule has 2 rings (SSSR count). The lowest BCUT2D eigenvalue weighted by Gasteiger charge is -2.16. The highest BCUT2D eigenvalue weighted by molar-refractivity contribution is 5.94. The van der Waals surface area contributed by atoms with Crippen LogP contribution in [0.4, 0.5) is 5.69 Å². The van der Waals surface area contributed by atoms with Gasteiger partial charge in [0.2, 0.25) is 0 Å². The lowest BCUT2D eigenvalue weighted by Crippen LogP contribution is -2.30. The number of hydrogen-bond donors (Lipinski definition) is 1. The van der Waals surface area contributed by atoms with Crippen molar-refractivity contribution in [3.05, 3.63) is 58.7 Å². The van der Waals surface area contributed by atoms with E-state index in [2.05, 4.69) is 12.2 Å². The molecule has 0 aliphatic carbocycles. The summed E-state index contributed by atoms with van der Waals surface area (Å²) in [6.07, 6.45) is -0.553. The first kappa shape index (κ1) is 16.1. The summed E-state index contributed by atoms with van der Waals surface area (Å²) in [6.45, 7) is 9.85. The van der Waals surface area contributed by atoms with Crippen LogP contribution in [-0.2, 0) is 4.79 Å². The van der Waals surface area contributed by atoms with E-state index < -0.39 is 6.10 Å². The summed E-state index contributed by atoms with van der Waals surface area (Å²) in [5, 5.41) is 2.92. The van der Waals surface area contributed by atoms with Crippen LogP contribution >= 0.6 is 0 Å². The molecule has 3 heteroatoms. The van der Waals surface area contributed by atoms with Gasteiger partial charge in [0.1, 0.15) is 5.75 Å². The Balaban J connectivity index is 2.04. The minimum atomic E-state index is -0.553. The number of hydrogen-bond acceptors (Lipinski definition) is 2. The largest absolute Gasteiger partial charge is 0.481 e. The minimum absolute atomic E-state index is 0.148. The fourth-order valence-electron chi connectivity index (χ4n) is 2.23. The Morgan fingerprint density at radius 2 is 1.68 bits per heavy atom. The SMILES string of the molecule is Cc1ccc(NC(=O)C(C)Oc2ccc(C)c(C)c2)c(C)c1. The zero-order chi connectivity index (χ0) is 16.3. The first-order valence-electron chi connectivity index (χ1n) is 7.49. The van der Waals surface area contributed by atoms with Crippen molar-refractivity contribution in [2.75, 3.05) is 5.32 Å². The van der Waals surface area contributed by atoms with E-state index in [4.69, 9.17) is 4.74 Å². The van der Waals surface area contributed by atoms with E-state index in [9.17, 15) is 4.79 Å². The molecule has 1 N–H and O–H groups in total. The average Bonchev–Trinajstić information content (AvgIpc) is 2.45. The van der Waals surface area contributed by atoms with Crippen LogP contribution in [-0.4, -0.2) is 12.0 Å². The van der Waals surface area contributed by atoms with Crippen LogP contribution in [0, 0.1) is 27.7 Å². The van der Waals surface area contributed by atoms with Gasteiger partial charge in [-0.25, -0.2) is 0 Å². The molecular formula is C19H23NO2. The summed E-state index contributed by atoms with van der Waals surface area (Å²) in [4.78, 5) is 12.3. The van der Waals surface area contributed by atoms with Crippen molar-refractivity contribution in [1.29, 1.82) is 0 Å². The van der Waals surface area contributed by atoms with Gasteiger partial charge in [0, 0.05) is 5.69 Å². The summed E-state index contributed by atoms with van der Waals surface area (Å²) in [5.41, 5.74) is 5.41. The number of ether oxygens (including phenoxy) is 1. The molecule has 1 amide bonds. The predicted octanol–water partition coefficient (Wildman–Crippen LogP) is 4.33. The number of benzene rings is 2. The van der Waals surface area contributed by atoms with Gasteiger partial charge in [0.15, 0.2) is 6.10 Å². The first-order valence-corrected chi connectivity index (χ1v) is 7.49. The maximum absolute atomic E-state index is 12.3. The van der Waals surface area contributed by atoms with Crippen LogP contribution in [0.5, 0.6) is 5.75 Å². The highest BCUT2D eigenvalue weighted by Crippen LogP contribution is 2.19. The van der Waals surface area contributed by atoms with Crippen LogP contribution in [0.1, 0.15) is 29.2 Å². The maximum atomic E-state index is 12.3. The van der Waals surface area contributed by atoms with Crippen LogP contribution in [0.15, 0.2) is 36.4 Å². The molecule has 0 spiro atoms. The molecule has 2 aromatic rings. The maximum Gasteiger partial charge on any atom is 0.265 e. The van der Waals surface area contributed by atoms with E-state index in [1.165, 1.54) is 11.1 Å². The van der Waals surface area contributed by atoms with E-state index in [-0.39, 0.29) is 5.91 Å². The Bertz CT molecular complexity index is 692. The molecule has 1 unspecified atom stereocenters. The van der Waals surface area contributed by atoms with Crippen molar-refractivity contribution in [2.45, 2.75) is 40.7 Å². The van der Waals surface area contributed by atoms with Gasteiger partial charge in [-0.15, -0.1) is 0 Å². The van der Waals surface area contributed by atoms with E-state index in [0.29, 0.717) is 5.75 Å². The second-order valence-electron chi connectivity index (χ2n) is 5.81. The molecule has 0 radical (unpaired) electrons. The van der Waals surface area contributed by atoms with E-state index >= 15 is 0 Å². The van der Waals surface area contributed by atoms with Gasteiger partial charge in [0.05, 0.1) is 0 Å². The summed E-state index contributed by atoms with van der Waals surface area (Å²) in [5.74, 6) is 0.566. The number of carbonyl (C=O) groups excluding carboxylic acids is 1. The summed E-state index contributed by atoms with van der Waals surface area (Å²) >= 11 is 0. The Labute approximate surface area is 132 Å². The van der Waals surface area contributed by atoms with Crippen molar-refractivity contribution in [1.82, 2.24) is 0 Å². The van der Waals surface area contributed by atoms with Gasteiger partial charge in [0.25, 0.3) is 5.91 Å². The second-order valence-corrected chi connectivity index (χ2v) is 5.81. The molecule has 0 fully saturated rings. The Morgan fingerprint density at radius 3 is 2.32 bits per heavy atom. The van der Waals surface area contributed by atoms with Crippen molar-refractivity contribution in [2.24, 2.45) is 0 Å². The molecule has 0 aliphatic rings. The second kappa shape index (κ2) is 6.65. The standard InChI is InChI=1S/C19H23NO2/c1-12-6-9-18(15(4)10-12)20-19(21)16(5)22-17-8-7-13(2)14(3)11-17/h6-11,16H,1-5H3,(H,20,21). The number of carbonyl (C=O) groups is 1. The number of aryl methyl sites for hydroxylation is 4. The van der Waals surface area contributed by atoms with E-state index in [1.807, 2.05) is 57.2 Å². The lowest BCUT2D eigenvalue weighted by molar-refractivity contribution is -0.122. The van der Waals surface area contributed by atoms with Crippen molar-refractivity contribution < 1.29 is 9.53 Å². The Hall–Kier alpha value is -2.29. The van der Waals surface area contributed by atoms with E-state index in [1.54, 1.807) is 6.92 Å². The van der Waals surface area contributed by atoms with Gasteiger partial charge >= 0.3 is 0 Å². The zero-order valence-corrected chi connectivity index (χ0v) is 13.9. The fourth-order valence-corrected chi connectivity index (χ4v) is 2.23. The van der Waals surface area contributed by atoms with Crippen molar-refractivity contribution in [3.8, 4) is 5.75 Å². The third kappa shape index (κ3) is 3.88. The van der Waals surface area contributed by atoms with Gasteiger partial charge in [-0.2, -0.15) is 0 Å². The Morgan fingerprint density at radius 1 is 0.955 bits per heavy atom. The topological polar surface area (TPSA) is 38.3 Å². The Kier molecular flexibility index (Phi) is 4.86. The average molecular weight is 297 g/mol. The number of amides is 1. The van der Waals surface area contributed by atoms with Crippen LogP contribution < -0.4 is 10.1 Å². The molecule has 0 heterocycles.